The first-order valence-corrected chi connectivity index (χ1v) is 9.48. The van der Waals surface area contributed by atoms with Gasteiger partial charge in [-0.15, -0.1) is 0 Å². The normalized spacial score (nSPS) is 9.71. The molecule has 0 unspecified atom stereocenters. The van der Waals surface area contributed by atoms with Gasteiger partial charge in [0.25, 0.3) is 21.9 Å². The molecule has 34 heavy (non-hydrogen) atoms. The maximum atomic E-state index is 11.1. The minimum atomic E-state index is -1.01. The second kappa shape index (κ2) is 12.3. The fourth-order valence-electron chi connectivity index (χ4n) is 2.43. The summed E-state index contributed by atoms with van der Waals surface area (Å²) in [5.41, 5.74) is -1.55. The number of ether oxygens (including phenoxy) is 4. The largest absolute Gasteiger partial charge is 0.493 e. The van der Waals surface area contributed by atoms with Crippen molar-refractivity contribution in [2.75, 3.05) is 21.3 Å². The first-order chi connectivity index (χ1) is 15.9. The lowest BCUT2D eigenvalue weighted by molar-refractivity contribution is -0.385. The number of nitrogens with zero attached hydrogens (tertiary/aromatic N) is 2. The van der Waals surface area contributed by atoms with Gasteiger partial charge in [-0.1, -0.05) is 0 Å². The zero-order valence-electron chi connectivity index (χ0n) is 18.0. The van der Waals surface area contributed by atoms with Crippen molar-refractivity contribution in [1.29, 1.82) is 0 Å². The second-order valence-corrected chi connectivity index (χ2v) is 6.59. The first-order valence-electron chi connectivity index (χ1n) is 8.72. The number of rotatable bonds is 8. The Kier molecular flexibility index (Phi) is 10.2. The lowest BCUT2D eigenvalue weighted by Gasteiger charge is -2.09. The summed E-state index contributed by atoms with van der Waals surface area (Å²) in [5.74, 6) is -0.460. The Hall–Kier alpha value is -3.97. The molecule has 0 aliphatic heterocycles. The molecule has 0 atom stereocenters. The molecule has 0 N–H and O–H groups in total. The molecule has 0 bridgehead atoms. The molecule has 0 fully saturated rings. The van der Waals surface area contributed by atoms with E-state index in [0.29, 0.717) is 0 Å². The third kappa shape index (κ3) is 7.02. The molecule has 0 aromatic heterocycles. The minimum Gasteiger partial charge on any atom is -0.493 e. The SMILES string of the molecule is COc1cc(C(=O)Cl)c([N+](=O)[O-])cc1OC.COc1cc(C(=O)Cl)c([N+](=O)[O-])cc1OC(C)=O. The third-order valence-corrected chi connectivity index (χ3v) is 4.26. The highest BCUT2D eigenvalue weighted by Crippen LogP contribution is 2.36. The van der Waals surface area contributed by atoms with Crippen LogP contribution in [0.3, 0.4) is 0 Å². The first kappa shape index (κ1) is 28.1. The Bertz CT molecular complexity index is 1110. The van der Waals surface area contributed by atoms with Crippen LogP contribution >= 0.6 is 23.2 Å². The van der Waals surface area contributed by atoms with Gasteiger partial charge in [0.2, 0.25) is 0 Å². The summed E-state index contributed by atoms with van der Waals surface area (Å²) >= 11 is 10.5. The molecular weight excluding hydrogens is 503 g/mol. The number of methoxy groups -OCH3 is 3. The standard InChI is InChI=1S/C10H8ClNO6.C9H8ClNO5/c1-5(13)18-9-4-7(12(15)16)6(10(11)14)3-8(9)17-2;1-15-7-3-5(9(10)12)6(11(13)14)4-8(7)16-2/h3-4H,1-2H3;3-4H,1-2H3. The van der Waals surface area contributed by atoms with E-state index in [1.165, 1.54) is 27.4 Å². The maximum Gasteiger partial charge on any atom is 0.308 e. The Morgan fingerprint density at radius 1 is 0.706 bits per heavy atom. The van der Waals surface area contributed by atoms with Gasteiger partial charge in [-0.25, -0.2) is 0 Å². The molecule has 0 aliphatic rings. The summed E-state index contributed by atoms with van der Waals surface area (Å²) in [6.45, 7) is 1.13. The van der Waals surface area contributed by atoms with Gasteiger partial charge in [-0.3, -0.25) is 34.6 Å². The molecule has 0 saturated carbocycles. The van der Waals surface area contributed by atoms with Crippen LogP contribution in [0, 0.1) is 20.2 Å². The van der Waals surface area contributed by atoms with Crippen LogP contribution < -0.4 is 18.9 Å². The van der Waals surface area contributed by atoms with Crippen molar-refractivity contribution in [2.45, 2.75) is 6.92 Å². The smallest absolute Gasteiger partial charge is 0.308 e. The highest BCUT2D eigenvalue weighted by molar-refractivity contribution is 6.68. The van der Waals surface area contributed by atoms with Gasteiger partial charge in [-0.05, 0) is 23.2 Å². The molecule has 0 heterocycles. The van der Waals surface area contributed by atoms with Crippen molar-refractivity contribution in [3.05, 3.63) is 55.6 Å². The number of nitro groups is 2. The zero-order valence-corrected chi connectivity index (χ0v) is 19.5. The summed E-state index contributed by atoms with van der Waals surface area (Å²) in [5, 5.41) is 19.5. The average molecular weight is 519 g/mol. The van der Waals surface area contributed by atoms with Crippen molar-refractivity contribution in [1.82, 2.24) is 0 Å². The monoisotopic (exact) mass is 518 g/mol. The molecule has 0 amide bonds. The number of hydrogen-bond donors (Lipinski definition) is 0. The van der Waals surface area contributed by atoms with Gasteiger partial charge in [0, 0.05) is 19.1 Å². The summed E-state index contributed by atoms with van der Waals surface area (Å²) < 4.78 is 19.4. The van der Waals surface area contributed by atoms with Crippen molar-refractivity contribution < 1.29 is 43.2 Å². The molecule has 0 spiro atoms. The predicted octanol–water partition coefficient (Wildman–Crippen LogP) is 3.90. The fraction of sp³-hybridized carbons (Fsp3) is 0.211. The molecule has 2 aromatic carbocycles. The van der Waals surface area contributed by atoms with Crippen molar-refractivity contribution >= 4 is 51.0 Å². The van der Waals surface area contributed by atoms with Gasteiger partial charge in [-0.2, -0.15) is 0 Å². The quantitative estimate of drug-likeness (QED) is 0.163. The van der Waals surface area contributed by atoms with E-state index in [2.05, 4.69) is 0 Å². The van der Waals surface area contributed by atoms with E-state index in [4.69, 9.17) is 42.1 Å². The Balaban J connectivity index is 0.000000342. The molecular formula is C19H16Cl2N2O11. The zero-order chi connectivity index (χ0) is 26.2. The topological polar surface area (TPSA) is 174 Å². The number of nitro benzene ring substituents is 2. The molecule has 0 saturated heterocycles. The lowest BCUT2D eigenvalue weighted by Crippen LogP contribution is -2.06. The highest BCUT2D eigenvalue weighted by Gasteiger charge is 2.25. The van der Waals surface area contributed by atoms with Crippen LogP contribution in [0.2, 0.25) is 0 Å². The molecule has 2 aromatic rings. The molecule has 0 aliphatic carbocycles. The molecule has 15 heteroatoms. The summed E-state index contributed by atoms with van der Waals surface area (Å²) in [6, 6.07) is 4.22. The number of benzene rings is 2. The fourth-order valence-corrected chi connectivity index (χ4v) is 2.73. The van der Waals surface area contributed by atoms with Crippen LogP contribution in [0.4, 0.5) is 11.4 Å². The van der Waals surface area contributed by atoms with E-state index in [9.17, 15) is 34.6 Å². The molecule has 13 nitrogen and oxygen atoms in total. The second-order valence-electron chi connectivity index (χ2n) is 5.90. The Morgan fingerprint density at radius 3 is 1.32 bits per heavy atom. The summed E-state index contributed by atoms with van der Waals surface area (Å²) in [6.07, 6.45) is 0. The molecule has 2 rings (SSSR count). The maximum absolute atomic E-state index is 11.1. The van der Waals surface area contributed by atoms with Crippen LogP contribution in [-0.2, 0) is 4.79 Å². The number of carbonyl (C=O) groups excluding carboxylic acids is 3. The number of halogens is 2. The van der Waals surface area contributed by atoms with Crippen LogP contribution in [0.25, 0.3) is 0 Å². The van der Waals surface area contributed by atoms with E-state index < -0.39 is 37.7 Å². The van der Waals surface area contributed by atoms with Crippen LogP contribution in [0.1, 0.15) is 27.6 Å². The third-order valence-electron chi connectivity index (χ3n) is 3.85. The average Bonchev–Trinajstić information content (AvgIpc) is 2.77. The van der Waals surface area contributed by atoms with Gasteiger partial charge in [0.05, 0.1) is 43.3 Å². The van der Waals surface area contributed by atoms with Crippen molar-refractivity contribution in [2.24, 2.45) is 0 Å². The van der Waals surface area contributed by atoms with Crippen molar-refractivity contribution in [3.63, 3.8) is 0 Å². The number of hydrogen-bond acceptors (Lipinski definition) is 11. The number of carbonyl (C=O) groups is 3. The van der Waals surface area contributed by atoms with E-state index in [1.54, 1.807) is 0 Å². The minimum absolute atomic E-state index is 0.000185. The van der Waals surface area contributed by atoms with Gasteiger partial charge in [0.15, 0.2) is 23.0 Å². The number of esters is 1. The van der Waals surface area contributed by atoms with E-state index in [-0.39, 0.29) is 34.1 Å². The van der Waals surface area contributed by atoms with Crippen LogP contribution in [0.15, 0.2) is 24.3 Å². The van der Waals surface area contributed by atoms with E-state index in [0.717, 1.165) is 25.1 Å². The molecule has 0 radical (unpaired) electrons. The Morgan fingerprint density at radius 2 is 1.03 bits per heavy atom. The van der Waals surface area contributed by atoms with Gasteiger partial charge in [0.1, 0.15) is 11.1 Å². The summed E-state index contributed by atoms with van der Waals surface area (Å²) in [7, 11) is 3.95. The highest BCUT2D eigenvalue weighted by atomic mass is 35.5. The molecule has 182 valence electrons. The van der Waals surface area contributed by atoms with Gasteiger partial charge < -0.3 is 18.9 Å². The lowest BCUT2D eigenvalue weighted by atomic mass is 10.1. The van der Waals surface area contributed by atoms with E-state index in [1.807, 2.05) is 0 Å². The van der Waals surface area contributed by atoms with Crippen LogP contribution in [-0.4, -0.2) is 47.6 Å². The van der Waals surface area contributed by atoms with Crippen LogP contribution in [0.5, 0.6) is 23.0 Å². The summed E-state index contributed by atoms with van der Waals surface area (Å²) in [4.78, 5) is 52.9. The van der Waals surface area contributed by atoms with Crippen molar-refractivity contribution in [3.8, 4) is 23.0 Å². The van der Waals surface area contributed by atoms with Gasteiger partial charge >= 0.3 is 5.97 Å². The van der Waals surface area contributed by atoms with E-state index >= 15 is 0 Å². The Labute approximate surface area is 201 Å². The predicted molar refractivity (Wildman–Crippen MR) is 118 cm³/mol.